The molecule has 4 nitrogen and oxygen atoms in total. The fraction of sp³-hybridized carbons (Fsp3) is 0.400. The average Bonchev–Trinajstić information content (AvgIpc) is 3.00. The lowest BCUT2D eigenvalue weighted by atomic mass is 9.58. The predicted molar refractivity (Wildman–Crippen MR) is 136 cm³/mol. The minimum Gasteiger partial charge on any atom is -0.393 e. The van der Waals surface area contributed by atoms with Gasteiger partial charge in [-0.15, -0.1) is 0 Å². The number of rotatable bonds is 4. The second-order valence-electron chi connectivity index (χ2n) is 10.2. The number of amides is 1. The lowest BCUT2D eigenvalue weighted by Gasteiger charge is -2.46. The number of fused-ring (bicyclic) bond motifs is 3. The van der Waals surface area contributed by atoms with Gasteiger partial charge in [0.25, 0.3) is 5.91 Å². The first-order valence-corrected chi connectivity index (χ1v) is 12.5. The van der Waals surface area contributed by atoms with Gasteiger partial charge in [0.1, 0.15) is 0 Å². The van der Waals surface area contributed by atoms with Crippen LogP contribution in [0.4, 0.5) is 5.69 Å². The molecule has 176 valence electrons. The molecule has 1 N–H and O–H groups in total. The maximum Gasteiger partial charge on any atom is 0.258 e. The summed E-state index contributed by atoms with van der Waals surface area (Å²) in [7, 11) is 1.83. The van der Waals surface area contributed by atoms with Crippen LogP contribution in [0.15, 0.2) is 66.9 Å². The number of hydrogen-bond acceptors (Lipinski definition) is 3. The topological polar surface area (TPSA) is 53.4 Å². The van der Waals surface area contributed by atoms with Crippen LogP contribution in [0.1, 0.15) is 64.8 Å². The van der Waals surface area contributed by atoms with Crippen molar-refractivity contribution >= 4 is 11.6 Å². The Hall–Kier alpha value is -2.98. The summed E-state index contributed by atoms with van der Waals surface area (Å²) in [6.07, 6.45) is 8.43. The molecule has 4 heteroatoms. The monoisotopic (exact) mass is 454 g/mol. The van der Waals surface area contributed by atoms with E-state index < -0.39 is 0 Å². The molecule has 2 aliphatic rings. The van der Waals surface area contributed by atoms with Crippen molar-refractivity contribution in [2.24, 2.45) is 5.92 Å². The lowest BCUT2D eigenvalue weighted by Crippen LogP contribution is -2.43. The van der Waals surface area contributed by atoms with Gasteiger partial charge in [0.2, 0.25) is 0 Å². The van der Waals surface area contributed by atoms with Crippen molar-refractivity contribution < 1.29 is 9.90 Å². The number of aliphatic hydroxyl groups is 1. The second kappa shape index (κ2) is 9.34. The Balaban J connectivity index is 1.54. The summed E-state index contributed by atoms with van der Waals surface area (Å²) in [6, 6.07) is 21.0. The van der Waals surface area contributed by atoms with Crippen LogP contribution >= 0.6 is 0 Å². The lowest BCUT2D eigenvalue weighted by molar-refractivity contribution is 0.0468. The van der Waals surface area contributed by atoms with Crippen LogP contribution in [0.25, 0.3) is 0 Å². The van der Waals surface area contributed by atoms with E-state index in [0.717, 1.165) is 61.9 Å². The zero-order valence-electron chi connectivity index (χ0n) is 20.2. The number of carbonyl (C=O) groups excluding carboxylic acids is 1. The summed E-state index contributed by atoms with van der Waals surface area (Å²) in [5.74, 6) is 0.454. The summed E-state index contributed by atoms with van der Waals surface area (Å²) in [6.45, 7) is 1.93. The molecule has 34 heavy (non-hydrogen) atoms. The van der Waals surface area contributed by atoms with Gasteiger partial charge in [-0.3, -0.25) is 9.78 Å². The highest BCUT2D eigenvalue weighted by Gasteiger charge is 2.46. The molecule has 0 spiro atoms. The van der Waals surface area contributed by atoms with Crippen molar-refractivity contribution in [2.75, 3.05) is 11.9 Å². The summed E-state index contributed by atoms with van der Waals surface area (Å²) in [4.78, 5) is 19.5. The molecule has 1 saturated carbocycles. The van der Waals surface area contributed by atoms with Crippen molar-refractivity contribution in [3.63, 3.8) is 0 Å². The van der Waals surface area contributed by atoms with Gasteiger partial charge in [-0.05, 0) is 98.7 Å². The number of aromatic nitrogens is 1. The number of nitrogens with zero attached hydrogens (tertiary/aromatic N) is 2. The molecule has 0 radical (unpaired) electrons. The summed E-state index contributed by atoms with van der Waals surface area (Å²) in [5, 5.41) is 10.5. The highest BCUT2D eigenvalue weighted by atomic mass is 16.3. The second-order valence-corrected chi connectivity index (χ2v) is 10.2. The molecule has 1 amide bonds. The summed E-state index contributed by atoms with van der Waals surface area (Å²) in [5.41, 5.74) is 6.47. The van der Waals surface area contributed by atoms with Crippen LogP contribution in [0.3, 0.4) is 0 Å². The molecule has 0 bridgehead atoms. The van der Waals surface area contributed by atoms with Crippen LogP contribution in [-0.4, -0.2) is 29.1 Å². The Bertz CT molecular complexity index is 1180. The number of anilines is 1. The van der Waals surface area contributed by atoms with Crippen molar-refractivity contribution in [2.45, 2.75) is 63.4 Å². The highest BCUT2D eigenvalue weighted by molar-refractivity contribution is 6.06. The quantitative estimate of drug-likeness (QED) is 0.555. The van der Waals surface area contributed by atoms with Crippen molar-refractivity contribution in [3.8, 4) is 0 Å². The zero-order valence-corrected chi connectivity index (χ0v) is 20.2. The smallest absolute Gasteiger partial charge is 0.258 e. The van der Waals surface area contributed by atoms with Crippen molar-refractivity contribution in [1.82, 2.24) is 4.98 Å². The maximum absolute atomic E-state index is 13.4. The molecule has 3 aromatic rings. The largest absolute Gasteiger partial charge is 0.393 e. The molecule has 1 heterocycles. The minimum absolute atomic E-state index is 0.00382. The molecular formula is C30H34N2O2. The Kier molecular flexibility index (Phi) is 6.26. The van der Waals surface area contributed by atoms with E-state index in [1.54, 1.807) is 11.1 Å². The van der Waals surface area contributed by atoms with Gasteiger partial charge in [-0.1, -0.05) is 36.4 Å². The fourth-order valence-corrected chi connectivity index (χ4v) is 6.43. The van der Waals surface area contributed by atoms with E-state index in [1.165, 1.54) is 16.7 Å². The Morgan fingerprint density at radius 2 is 1.94 bits per heavy atom. The number of carbonyl (C=O) groups is 1. The number of aryl methyl sites for hydroxylation is 2. The molecular weight excluding hydrogens is 420 g/mol. The molecule has 0 saturated heterocycles. The number of aliphatic hydroxyl groups excluding tert-OH is 1. The molecule has 0 aliphatic heterocycles. The predicted octanol–water partition coefficient (Wildman–Crippen LogP) is 5.64. The van der Waals surface area contributed by atoms with E-state index >= 15 is 0 Å². The Morgan fingerprint density at radius 3 is 2.74 bits per heavy atom. The van der Waals surface area contributed by atoms with E-state index in [4.69, 9.17) is 0 Å². The normalized spacial score (nSPS) is 24.0. The first-order valence-electron chi connectivity index (χ1n) is 12.5. The van der Waals surface area contributed by atoms with E-state index in [-0.39, 0.29) is 17.4 Å². The van der Waals surface area contributed by atoms with Crippen LogP contribution in [-0.2, 0) is 18.3 Å². The third kappa shape index (κ3) is 4.16. The van der Waals surface area contributed by atoms with Crippen molar-refractivity contribution in [1.29, 1.82) is 0 Å². The minimum atomic E-state index is -0.201. The van der Waals surface area contributed by atoms with Gasteiger partial charge in [0.15, 0.2) is 0 Å². The highest BCUT2D eigenvalue weighted by Crippen LogP contribution is 2.51. The van der Waals surface area contributed by atoms with Crippen LogP contribution in [0.5, 0.6) is 0 Å². The Morgan fingerprint density at radius 1 is 1.12 bits per heavy atom. The molecule has 3 unspecified atom stereocenters. The van der Waals surface area contributed by atoms with E-state index in [9.17, 15) is 9.90 Å². The summed E-state index contributed by atoms with van der Waals surface area (Å²) >= 11 is 0. The average molecular weight is 455 g/mol. The number of pyridine rings is 1. The van der Waals surface area contributed by atoms with Gasteiger partial charge in [0.05, 0.1) is 17.5 Å². The van der Waals surface area contributed by atoms with E-state index in [2.05, 4.69) is 47.4 Å². The van der Waals surface area contributed by atoms with Crippen molar-refractivity contribution in [3.05, 3.63) is 94.8 Å². The molecule has 5 rings (SSSR count). The SMILES string of the molecule is Cc1ncccc1N(C)C(=O)c1ccc2c(c1)CCCC1CC(O)CCC21Cc1ccccc1. The summed E-state index contributed by atoms with van der Waals surface area (Å²) < 4.78 is 0. The maximum atomic E-state index is 13.4. The Labute approximate surface area is 202 Å². The van der Waals surface area contributed by atoms with Crippen LogP contribution < -0.4 is 4.90 Å². The van der Waals surface area contributed by atoms with Crippen LogP contribution in [0.2, 0.25) is 0 Å². The van der Waals surface area contributed by atoms with Gasteiger partial charge in [0, 0.05) is 24.2 Å². The van der Waals surface area contributed by atoms with Gasteiger partial charge >= 0.3 is 0 Å². The van der Waals surface area contributed by atoms with Gasteiger partial charge < -0.3 is 10.0 Å². The third-order valence-corrected chi connectivity index (χ3v) is 8.16. The first kappa shape index (κ1) is 22.8. The standard InChI is InChI=1S/C30H34N2O2/c1-21-28(12-7-17-31-21)32(2)29(34)24-13-14-27-23(18-24)10-6-11-25-19-26(33)15-16-30(25,27)20-22-8-4-3-5-9-22/h3-5,7-9,12-14,17-18,25-26,33H,6,10-11,15-16,19-20H2,1-2H3. The number of benzene rings is 2. The zero-order chi connectivity index (χ0) is 23.7. The van der Waals surface area contributed by atoms with Gasteiger partial charge in [-0.2, -0.15) is 0 Å². The van der Waals surface area contributed by atoms with E-state index in [1.807, 2.05) is 32.2 Å². The third-order valence-electron chi connectivity index (χ3n) is 8.16. The first-order chi connectivity index (χ1) is 16.5. The molecule has 2 aromatic carbocycles. The molecule has 1 fully saturated rings. The van der Waals surface area contributed by atoms with Gasteiger partial charge in [-0.25, -0.2) is 0 Å². The number of hydrogen-bond donors (Lipinski definition) is 1. The molecule has 2 aliphatic carbocycles. The molecule has 1 aromatic heterocycles. The molecule has 3 atom stereocenters. The fourth-order valence-electron chi connectivity index (χ4n) is 6.43. The van der Waals surface area contributed by atoms with E-state index in [0.29, 0.717) is 5.92 Å². The van der Waals surface area contributed by atoms with Crippen LogP contribution in [0, 0.1) is 12.8 Å².